The van der Waals surface area contributed by atoms with E-state index in [-0.39, 0.29) is 0 Å². The van der Waals surface area contributed by atoms with Crippen molar-refractivity contribution in [3.8, 4) is 0 Å². The van der Waals surface area contributed by atoms with E-state index in [0.29, 0.717) is 16.9 Å². The van der Waals surface area contributed by atoms with Crippen LogP contribution in [-0.2, 0) is 6.54 Å². The molecule has 2 aliphatic rings. The maximum Gasteiger partial charge on any atom is 0.0208 e. The van der Waals surface area contributed by atoms with Crippen molar-refractivity contribution in [3.05, 3.63) is 34.3 Å². The molecule has 2 heteroatoms. The van der Waals surface area contributed by atoms with Gasteiger partial charge in [-0.15, -0.1) is 0 Å². The Bertz CT molecular complexity index is 465. The summed E-state index contributed by atoms with van der Waals surface area (Å²) in [5, 5.41) is 3.83. The third kappa shape index (κ3) is 2.08. The molecule has 0 amide bonds. The zero-order valence-corrected chi connectivity index (χ0v) is 13.8. The van der Waals surface area contributed by atoms with Gasteiger partial charge in [0.05, 0.1) is 0 Å². The van der Waals surface area contributed by atoms with Crippen molar-refractivity contribution in [1.82, 2.24) is 5.32 Å². The van der Waals surface area contributed by atoms with E-state index in [4.69, 9.17) is 0 Å². The Morgan fingerprint density at radius 1 is 1.21 bits per heavy atom. The molecule has 1 aromatic carbocycles. The Kier molecular flexibility index (Phi) is 3.30. The fourth-order valence-electron chi connectivity index (χ4n) is 4.36. The molecule has 1 nitrogen and oxygen atoms in total. The second-order valence-corrected chi connectivity index (χ2v) is 8.09. The summed E-state index contributed by atoms with van der Waals surface area (Å²) in [5.41, 5.74) is 2.37. The number of benzene rings is 1. The van der Waals surface area contributed by atoms with E-state index in [2.05, 4.69) is 66.3 Å². The van der Waals surface area contributed by atoms with Crippen molar-refractivity contribution in [3.63, 3.8) is 0 Å². The van der Waals surface area contributed by atoms with Crippen LogP contribution in [0.15, 0.2) is 28.7 Å². The van der Waals surface area contributed by atoms with Crippen LogP contribution in [0.5, 0.6) is 0 Å². The lowest BCUT2D eigenvalue weighted by molar-refractivity contribution is 0.120. The minimum absolute atomic E-state index is 0.479. The van der Waals surface area contributed by atoms with Crippen LogP contribution < -0.4 is 5.32 Å². The molecule has 1 aromatic rings. The number of hydrogen-bond acceptors (Lipinski definition) is 1. The van der Waals surface area contributed by atoms with Gasteiger partial charge in [-0.05, 0) is 53.7 Å². The fourth-order valence-corrected chi connectivity index (χ4v) is 4.62. The first-order valence-corrected chi connectivity index (χ1v) is 8.20. The van der Waals surface area contributed by atoms with Crippen LogP contribution in [0, 0.1) is 16.7 Å². The van der Waals surface area contributed by atoms with Gasteiger partial charge in [0.25, 0.3) is 0 Å². The molecule has 0 aliphatic heterocycles. The fraction of sp³-hybridized carbons (Fsp3) is 0.647. The summed E-state index contributed by atoms with van der Waals surface area (Å²) < 4.78 is 1.16. The molecule has 2 fully saturated rings. The molecule has 2 aliphatic carbocycles. The van der Waals surface area contributed by atoms with E-state index >= 15 is 0 Å². The first-order valence-electron chi connectivity index (χ1n) is 7.41. The predicted molar refractivity (Wildman–Crippen MR) is 84.0 cm³/mol. The standard InChI is InChI=1S/C17H24BrN/c1-16(2)13-8-9-17(16,3)15(10-13)19-11-12-4-6-14(18)7-5-12/h4-7,13,15,19H,8-11H2,1-3H3/t13-,15+,17+/m0/s1. The summed E-state index contributed by atoms with van der Waals surface area (Å²) in [5.74, 6) is 0.917. The van der Waals surface area contributed by atoms with Gasteiger partial charge in [-0.3, -0.25) is 0 Å². The van der Waals surface area contributed by atoms with Crippen LogP contribution in [-0.4, -0.2) is 6.04 Å². The van der Waals surface area contributed by atoms with Gasteiger partial charge in [0.2, 0.25) is 0 Å². The largest absolute Gasteiger partial charge is 0.309 e. The van der Waals surface area contributed by atoms with E-state index in [0.717, 1.165) is 16.9 Å². The molecule has 3 rings (SSSR count). The summed E-state index contributed by atoms with van der Waals surface area (Å²) in [7, 11) is 0. The van der Waals surface area contributed by atoms with Gasteiger partial charge in [-0.2, -0.15) is 0 Å². The Morgan fingerprint density at radius 3 is 2.42 bits per heavy atom. The van der Waals surface area contributed by atoms with E-state index < -0.39 is 0 Å². The lowest BCUT2D eigenvalue weighted by Gasteiger charge is -2.39. The lowest BCUT2D eigenvalue weighted by Crippen LogP contribution is -2.44. The molecule has 0 aromatic heterocycles. The number of nitrogens with one attached hydrogen (secondary N) is 1. The van der Waals surface area contributed by atoms with Crippen LogP contribution >= 0.6 is 15.9 Å². The van der Waals surface area contributed by atoms with Gasteiger partial charge in [-0.25, -0.2) is 0 Å². The molecule has 2 bridgehead atoms. The number of rotatable bonds is 3. The molecular weight excluding hydrogens is 298 g/mol. The monoisotopic (exact) mass is 321 g/mol. The van der Waals surface area contributed by atoms with Crippen molar-refractivity contribution in [1.29, 1.82) is 0 Å². The van der Waals surface area contributed by atoms with E-state index in [1.165, 1.54) is 24.8 Å². The summed E-state index contributed by atoms with van der Waals surface area (Å²) in [4.78, 5) is 0. The number of fused-ring (bicyclic) bond motifs is 2. The number of hydrogen-bond donors (Lipinski definition) is 1. The van der Waals surface area contributed by atoms with E-state index in [1.54, 1.807) is 0 Å². The van der Waals surface area contributed by atoms with Gasteiger partial charge in [0.15, 0.2) is 0 Å². The maximum absolute atomic E-state index is 3.83. The molecule has 3 atom stereocenters. The molecule has 0 radical (unpaired) electrons. The average molecular weight is 322 g/mol. The SMILES string of the molecule is CC1(C)[C@H]2CC[C@]1(C)[C@H](NCc1ccc(Br)cc1)C2. The van der Waals surface area contributed by atoms with E-state index in [1.807, 2.05) is 0 Å². The smallest absolute Gasteiger partial charge is 0.0208 e. The topological polar surface area (TPSA) is 12.0 Å². The molecule has 1 N–H and O–H groups in total. The minimum atomic E-state index is 0.479. The highest BCUT2D eigenvalue weighted by Crippen LogP contribution is 2.65. The van der Waals surface area contributed by atoms with Crippen LogP contribution in [0.1, 0.15) is 45.6 Å². The van der Waals surface area contributed by atoms with E-state index in [9.17, 15) is 0 Å². The van der Waals surface area contributed by atoms with Crippen LogP contribution in [0.2, 0.25) is 0 Å². The van der Waals surface area contributed by atoms with Gasteiger partial charge in [0, 0.05) is 17.1 Å². The average Bonchev–Trinajstić information content (AvgIpc) is 2.71. The highest BCUT2D eigenvalue weighted by Gasteiger charge is 2.60. The zero-order valence-electron chi connectivity index (χ0n) is 12.2. The molecule has 0 heterocycles. The molecule has 0 unspecified atom stereocenters. The Morgan fingerprint density at radius 2 is 1.89 bits per heavy atom. The highest BCUT2D eigenvalue weighted by molar-refractivity contribution is 9.10. The van der Waals surface area contributed by atoms with Crippen LogP contribution in [0.3, 0.4) is 0 Å². The summed E-state index contributed by atoms with van der Waals surface area (Å²) in [6.07, 6.45) is 4.18. The van der Waals surface area contributed by atoms with Crippen LogP contribution in [0.25, 0.3) is 0 Å². The second-order valence-electron chi connectivity index (χ2n) is 7.17. The second kappa shape index (κ2) is 4.60. The quantitative estimate of drug-likeness (QED) is 0.846. The first-order chi connectivity index (χ1) is 8.93. The highest BCUT2D eigenvalue weighted by atomic mass is 79.9. The Labute approximate surface area is 125 Å². The Hall–Kier alpha value is -0.340. The van der Waals surface area contributed by atoms with Gasteiger partial charge >= 0.3 is 0 Å². The maximum atomic E-state index is 3.83. The normalized spacial score (nSPS) is 35.8. The molecular formula is C17H24BrN. The molecule has 104 valence electrons. The lowest BCUT2D eigenvalue weighted by atomic mass is 9.69. The molecule has 2 saturated carbocycles. The molecule has 0 saturated heterocycles. The van der Waals surface area contributed by atoms with Crippen molar-refractivity contribution in [2.24, 2.45) is 16.7 Å². The van der Waals surface area contributed by atoms with Gasteiger partial charge < -0.3 is 5.32 Å². The summed E-state index contributed by atoms with van der Waals surface area (Å²) >= 11 is 3.49. The van der Waals surface area contributed by atoms with Gasteiger partial charge in [0.1, 0.15) is 0 Å². The zero-order chi connectivity index (χ0) is 13.7. The first kappa shape index (κ1) is 13.6. The number of halogens is 1. The van der Waals surface area contributed by atoms with Crippen molar-refractivity contribution in [2.45, 2.75) is 52.6 Å². The summed E-state index contributed by atoms with van der Waals surface area (Å²) in [6.45, 7) is 8.45. The summed E-state index contributed by atoms with van der Waals surface area (Å²) in [6, 6.07) is 9.35. The predicted octanol–water partition coefficient (Wildman–Crippen LogP) is 4.75. The molecule has 19 heavy (non-hydrogen) atoms. The van der Waals surface area contributed by atoms with Crippen molar-refractivity contribution >= 4 is 15.9 Å². The third-order valence-corrected chi connectivity index (χ3v) is 6.79. The minimum Gasteiger partial charge on any atom is -0.309 e. The molecule has 0 spiro atoms. The Balaban J connectivity index is 1.67. The van der Waals surface area contributed by atoms with Crippen molar-refractivity contribution in [2.75, 3.05) is 0 Å². The third-order valence-electron chi connectivity index (χ3n) is 6.26. The van der Waals surface area contributed by atoms with Gasteiger partial charge in [-0.1, -0.05) is 48.8 Å². The van der Waals surface area contributed by atoms with Crippen molar-refractivity contribution < 1.29 is 0 Å². The van der Waals surface area contributed by atoms with Crippen LogP contribution in [0.4, 0.5) is 0 Å².